The fraction of sp³-hybridized carbons (Fsp3) is 0.600. The van der Waals surface area contributed by atoms with Crippen LogP contribution in [0.15, 0.2) is 28.7 Å². The Labute approximate surface area is 113 Å². The Balaban J connectivity index is 2.01. The van der Waals surface area contributed by atoms with Gasteiger partial charge >= 0.3 is 0 Å². The monoisotopic (exact) mass is 295 g/mol. The number of halogens is 1. The summed E-state index contributed by atoms with van der Waals surface area (Å²) in [6.45, 7) is 7.02. The first-order valence-electron chi connectivity index (χ1n) is 6.50. The molecule has 1 aromatic carbocycles. The van der Waals surface area contributed by atoms with Crippen molar-refractivity contribution in [1.29, 1.82) is 0 Å². The lowest BCUT2D eigenvalue weighted by molar-refractivity contribution is 0.266. The van der Waals surface area contributed by atoms with Crippen LogP contribution in [0.3, 0.4) is 0 Å². The highest BCUT2D eigenvalue weighted by Crippen LogP contribution is 2.38. The summed E-state index contributed by atoms with van der Waals surface area (Å²) in [6.07, 6.45) is 4.02. The fourth-order valence-electron chi connectivity index (χ4n) is 2.79. The van der Waals surface area contributed by atoms with Gasteiger partial charge in [0.25, 0.3) is 0 Å². The lowest BCUT2D eigenvalue weighted by atomic mass is 9.86. The molecule has 2 heteroatoms. The molecule has 0 heterocycles. The summed E-state index contributed by atoms with van der Waals surface area (Å²) >= 11 is 3.48. The maximum Gasteiger partial charge on any atom is 0.0294 e. The Bertz CT molecular complexity index is 369. The van der Waals surface area contributed by atoms with Gasteiger partial charge in [-0.3, -0.25) is 0 Å². The van der Waals surface area contributed by atoms with Crippen LogP contribution in [0.4, 0.5) is 0 Å². The molecule has 2 rings (SSSR count). The van der Waals surface area contributed by atoms with Crippen LogP contribution in [-0.2, 0) is 0 Å². The topological polar surface area (TPSA) is 12.0 Å². The molecule has 1 aromatic rings. The molecular formula is C15H22BrN. The van der Waals surface area contributed by atoms with Crippen LogP contribution in [-0.4, -0.2) is 6.04 Å². The van der Waals surface area contributed by atoms with Gasteiger partial charge in [0.15, 0.2) is 0 Å². The van der Waals surface area contributed by atoms with Crippen LogP contribution in [0.2, 0.25) is 0 Å². The van der Waals surface area contributed by atoms with E-state index in [9.17, 15) is 0 Å². The zero-order valence-corrected chi connectivity index (χ0v) is 12.5. The van der Waals surface area contributed by atoms with Crippen molar-refractivity contribution in [2.45, 2.75) is 52.1 Å². The SMILES string of the molecule is C[C@@H](NC1CCCC1(C)C)c1ccc(Br)cc1. The van der Waals surface area contributed by atoms with Gasteiger partial charge in [0.05, 0.1) is 0 Å². The summed E-state index contributed by atoms with van der Waals surface area (Å²) in [5.74, 6) is 0. The van der Waals surface area contributed by atoms with Gasteiger partial charge in [-0.25, -0.2) is 0 Å². The number of rotatable bonds is 3. The van der Waals surface area contributed by atoms with Gasteiger partial charge < -0.3 is 5.32 Å². The predicted octanol–water partition coefficient (Wildman–Crippen LogP) is 4.68. The summed E-state index contributed by atoms with van der Waals surface area (Å²) in [5, 5.41) is 3.79. The maximum absolute atomic E-state index is 3.79. The second kappa shape index (κ2) is 5.11. The van der Waals surface area contributed by atoms with E-state index in [1.54, 1.807) is 0 Å². The van der Waals surface area contributed by atoms with Crippen molar-refractivity contribution < 1.29 is 0 Å². The third-order valence-corrected chi connectivity index (χ3v) is 4.61. The Hall–Kier alpha value is -0.340. The van der Waals surface area contributed by atoms with E-state index in [0.29, 0.717) is 17.5 Å². The van der Waals surface area contributed by atoms with E-state index in [4.69, 9.17) is 0 Å². The Kier molecular flexibility index (Phi) is 3.94. The summed E-state index contributed by atoms with van der Waals surface area (Å²) in [5.41, 5.74) is 1.82. The predicted molar refractivity (Wildman–Crippen MR) is 77.1 cm³/mol. The minimum Gasteiger partial charge on any atom is -0.307 e. The minimum atomic E-state index is 0.436. The molecule has 1 fully saturated rings. The molecule has 1 nitrogen and oxygen atoms in total. The van der Waals surface area contributed by atoms with Crippen molar-refractivity contribution in [2.75, 3.05) is 0 Å². The number of benzene rings is 1. The van der Waals surface area contributed by atoms with E-state index >= 15 is 0 Å². The Morgan fingerprint density at radius 3 is 2.47 bits per heavy atom. The van der Waals surface area contributed by atoms with Gasteiger partial charge in [0.2, 0.25) is 0 Å². The van der Waals surface area contributed by atoms with Crippen molar-refractivity contribution in [3.63, 3.8) is 0 Å². The van der Waals surface area contributed by atoms with Crippen LogP contribution in [0.5, 0.6) is 0 Å². The number of hydrogen-bond acceptors (Lipinski definition) is 1. The van der Waals surface area contributed by atoms with Gasteiger partial charge in [-0.15, -0.1) is 0 Å². The Morgan fingerprint density at radius 1 is 1.29 bits per heavy atom. The first-order valence-corrected chi connectivity index (χ1v) is 7.30. The molecule has 1 aliphatic rings. The lowest BCUT2D eigenvalue weighted by Gasteiger charge is -2.31. The summed E-state index contributed by atoms with van der Waals surface area (Å²) < 4.78 is 1.15. The molecular weight excluding hydrogens is 274 g/mol. The van der Waals surface area contributed by atoms with Crippen LogP contribution in [0, 0.1) is 5.41 Å². The summed E-state index contributed by atoms with van der Waals surface area (Å²) in [6, 6.07) is 9.72. The van der Waals surface area contributed by atoms with E-state index < -0.39 is 0 Å². The third-order valence-electron chi connectivity index (χ3n) is 4.08. The molecule has 0 bridgehead atoms. The van der Waals surface area contributed by atoms with Gasteiger partial charge in [-0.1, -0.05) is 48.3 Å². The molecule has 1 unspecified atom stereocenters. The van der Waals surface area contributed by atoms with Crippen LogP contribution in [0.25, 0.3) is 0 Å². The largest absolute Gasteiger partial charge is 0.307 e. The minimum absolute atomic E-state index is 0.436. The average molecular weight is 296 g/mol. The van der Waals surface area contributed by atoms with Gasteiger partial charge in [-0.05, 0) is 42.9 Å². The van der Waals surface area contributed by atoms with Crippen LogP contribution in [0.1, 0.15) is 51.6 Å². The average Bonchev–Trinajstić information content (AvgIpc) is 2.59. The highest BCUT2D eigenvalue weighted by molar-refractivity contribution is 9.10. The standard InChI is InChI=1S/C15H22BrN/c1-11(12-6-8-13(16)9-7-12)17-14-5-4-10-15(14,2)3/h6-9,11,14,17H,4-5,10H2,1-3H3/t11-,14?/m1/s1. The van der Waals surface area contributed by atoms with E-state index in [1.807, 2.05) is 0 Å². The second-order valence-electron chi connectivity index (χ2n) is 5.87. The van der Waals surface area contributed by atoms with Crippen LogP contribution >= 0.6 is 15.9 Å². The summed E-state index contributed by atoms with van der Waals surface area (Å²) in [4.78, 5) is 0. The van der Waals surface area contributed by atoms with E-state index in [0.717, 1.165) is 4.47 Å². The van der Waals surface area contributed by atoms with E-state index in [-0.39, 0.29) is 0 Å². The zero-order valence-electron chi connectivity index (χ0n) is 11.0. The van der Waals surface area contributed by atoms with Crippen molar-refractivity contribution in [3.05, 3.63) is 34.3 Å². The molecule has 0 aliphatic heterocycles. The van der Waals surface area contributed by atoms with Gasteiger partial charge in [0, 0.05) is 16.6 Å². The van der Waals surface area contributed by atoms with E-state index in [2.05, 4.69) is 66.3 Å². The molecule has 0 saturated heterocycles. The molecule has 1 saturated carbocycles. The second-order valence-corrected chi connectivity index (χ2v) is 6.79. The molecule has 0 radical (unpaired) electrons. The van der Waals surface area contributed by atoms with Crippen molar-refractivity contribution in [3.8, 4) is 0 Å². The molecule has 0 spiro atoms. The molecule has 2 atom stereocenters. The zero-order chi connectivity index (χ0) is 12.5. The molecule has 17 heavy (non-hydrogen) atoms. The molecule has 0 aromatic heterocycles. The highest BCUT2D eigenvalue weighted by Gasteiger charge is 2.34. The van der Waals surface area contributed by atoms with Crippen molar-refractivity contribution in [1.82, 2.24) is 5.32 Å². The normalized spacial score (nSPS) is 24.8. The number of nitrogens with one attached hydrogen (secondary N) is 1. The van der Waals surface area contributed by atoms with E-state index in [1.165, 1.54) is 24.8 Å². The van der Waals surface area contributed by atoms with Crippen molar-refractivity contribution >= 4 is 15.9 Å². The maximum atomic E-state index is 3.79. The molecule has 1 aliphatic carbocycles. The van der Waals surface area contributed by atoms with Gasteiger partial charge in [0.1, 0.15) is 0 Å². The first kappa shape index (κ1) is 13.1. The lowest BCUT2D eigenvalue weighted by Crippen LogP contribution is -2.39. The summed E-state index contributed by atoms with van der Waals surface area (Å²) in [7, 11) is 0. The molecule has 94 valence electrons. The fourth-order valence-corrected chi connectivity index (χ4v) is 3.05. The Morgan fingerprint density at radius 2 is 1.94 bits per heavy atom. The van der Waals surface area contributed by atoms with Crippen molar-refractivity contribution in [2.24, 2.45) is 5.41 Å². The van der Waals surface area contributed by atoms with Crippen LogP contribution < -0.4 is 5.32 Å². The van der Waals surface area contributed by atoms with Gasteiger partial charge in [-0.2, -0.15) is 0 Å². The highest BCUT2D eigenvalue weighted by atomic mass is 79.9. The first-order chi connectivity index (χ1) is 7.99. The third kappa shape index (κ3) is 3.11. The number of hydrogen-bond donors (Lipinski definition) is 1. The smallest absolute Gasteiger partial charge is 0.0294 e. The quantitative estimate of drug-likeness (QED) is 0.854. The molecule has 0 amide bonds. The molecule has 1 N–H and O–H groups in total.